The van der Waals surface area contributed by atoms with E-state index >= 15 is 0 Å². The van der Waals surface area contributed by atoms with Gasteiger partial charge in [-0.25, -0.2) is 4.68 Å². The molecular formula is C27H33N5O2S. The molecule has 0 spiro atoms. The average molecular weight is 492 g/mol. The van der Waals surface area contributed by atoms with Gasteiger partial charge < -0.3 is 15.4 Å². The molecule has 1 amide bonds. The van der Waals surface area contributed by atoms with Gasteiger partial charge in [-0.15, -0.1) is 5.10 Å². The zero-order chi connectivity index (χ0) is 24.9. The van der Waals surface area contributed by atoms with Crippen LogP contribution in [-0.4, -0.2) is 33.0 Å². The topological polar surface area (TPSA) is 81.1 Å². The minimum atomic E-state index is -0.416. The number of thioether (sulfide) groups is 1. The van der Waals surface area contributed by atoms with Gasteiger partial charge in [0.15, 0.2) is 0 Å². The summed E-state index contributed by atoms with van der Waals surface area (Å²) in [5.41, 5.74) is 5.28. The molecule has 1 aromatic heterocycles. The molecule has 0 fully saturated rings. The molecule has 2 N–H and O–H groups in total. The van der Waals surface area contributed by atoms with Gasteiger partial charge in [-0.2, -0.15) is 4.98 Å². The second kappa shape index (κ2) is 11.0. The number of benzene rings is 2. The van der Waals surface area contributed by atoms with Crippen molar-refractivity contribution in [1.29, 1.82) is 0 Å². The van der Waals surface area contributed by atoms with Crippen LogP contribution in [0.2, 0.25) is 0 Å². The second-order valence-corrected chi connectivity index (χ2v) is 9.77. The molecule has 184 valence electrons. The fraction of sp³-hybridized carbons (Fsp3) is 0.370. The van der Waals surface area contributed by atoms with Crippen molar-refractivity contribution in [3.63, 3.8) is 0 Å². The third-order valence-electron chi connectivity index (χ3n) is 5.94. The number of ether oxygens (including phenoxy) is 1. The number of nitrogens with one attached hydrogen (secondary N) is 2. The Morgan fingerprint density at radius 1 is 1.14 bits per heavy atom. The fourth-order valence-corrected chi connectivity index (χ4v) is 5.07. The highest BCUT2D eigenvalue weighted by Gasteiger charge is 2.34. The summed E-state index contributed by atoms with van der Waals surface area (Å²) >= 11 is 1.64. The fourth-order valence-electron chi connectivity index (χ4n) is 4.16. The van der Waals surface area contributed by atoms with E-state index in [0.717, 1.165) is 52.4 Å². The Labute approximate surface area is 211 Å². The highest BCUT2D eigenvalue weighted by atomic mass is 32.2. The van der Waals surface area contributed by atoms with Gasteiger partial charge in [0.25, 0.3) is 5.91 Å². The smallest absolute Gasteiger partial charge is 0.255 e. The molecule has 3 aromatic rings. The maximum atomic E-state index is 13.7. The highest BCUT2D eigenvalue weighted by Crippen LogP contribution is 2.37. The number of hydrogen-bond acceptors (Lipinski definition) is 6. The molecule has 0 saturated carbocycles. The van der Waals surface area contributed by atoms with Gasteiger partial charge in [-0.1, -0.05) is 54.9 Å². The molecule has 35 heavy (non-hydrogen) atoms. The average Bonchev–Trinajstić information content (AvgIpc) is 3.23. The summed E-state index contributed by atoms with van der Waals surface area (Å²) in [7, 11) is 0. The van der Waals surface area contributed by atoms with E-state index in [2.05, 4.69) is 23.6 Å². The predicted molar refractivity (Wildman–Crippen MR) is 142 cm³/mol. The van der Waals surface area contributed by atoms with Crippen molar-refractivity contribution in [2.45, 2.75) is 58.7 Å². The van der Waals surface area contributed by atoms with Gasteiger partial charge in [-0.3, -0.25) is 4.79 Å². The molecule has 7 nitrogen and oxygen atoms in total. The largest absolute Gasteiger partial charge is 0.494 e. The summed E-state index contributed by atoms with van der Waals surface area (Å²) < 4.78 is 7.46. The van der Waals surface area contributed by atoms with E-state index in [1.54, 1.807) is 11.8 Å². The molecule has 1 unspecified atom stereocenters. The Kier molecular flexibility index (Phi) is 7.80. The van der Waals surface area contributed by atoms with E-state index in [1.165, 1.54) is 0 Å². The van der Waals surface area contributed by atoms with Crippen LogP contribution in [-0.2, 0) is 4.79 Å². The first kappa shape index (κ1) is 24.9. The summed E-state index contributed by atoms with van der Waals surface area (Å²) in [6.45, 7) is 10.7. The van der Waals surface area contributed by atoms with Crippen LogP contribution in [0.15, 0.2) is 58.9 Å². The standard InChI is InChI=1S/C27H33N5O2S/c1-6-8-15-35-27-30-26-28-19(5)23(25(33)29-22-14-9-17(3)16-18(22)4)24(32(26)31-27)20-10-12-21(13-11-20)34-7-2/h9-14,16,24H,6-8,15H2,1-5H3,(H,29,33)(H,28,30,31). The van der Waals surface area contributed by atoms with Crippen LogP contribution < -0.4 is 15.4 Å². The van der Waals surface area contributed by atoms with E-state index in [0.29, 0.717) is 23.3 Å². The molecule has 0 radical (unpaired) electrons. The third-order valence-corrected chi connectivity index (χ3v) is 6.87. The minimum Gasteiger partial charge on any atom is -0.494 e. The highest BCUT2D eigenvalue weighted by molar-refractivity contribution is 7.99. The number of nitrogens with zero attached hydrogens (tertiary/aromatic N) is 3. The van der Waals surface area contributed by atoms with Gasteiger partial charge in [-0.05, 0) is 63.4 Å². The predicted octanol–water partition coefficient (Wildman–Crippen LogP) is 6.11. The molecule has 1 atom stereocenters. The molecule has 0 bridgehead atoms. The van der Waals surface area contributed by atoms with Crippen molar-refractivity contribution in [2.75, 3.05) is 23.0 Å². The Hall–Kier alpha value is -3.26. The van der Waals surface area contributed by atoms with Crippen LogP contribution >= 0.6 is 11.8 Å². The number of aromatic nitrogens is 3. The molecule has 1 aliphatic heterocycles. The van der Waals surface area contributed by atoms with Gasteiger partial charge in [0.1, 0.15) is 11.8 Å². The second-order valence-electron chi connectivity index (χ2n) is 8.71. The van der Waals surface area contributed by atoms with Crippen LogP contribution in [0, 0.1) is 13.8 Å². The van der Waals surface area contributed by atoms with Crippen LogP contribution in [0.5, 0.6) is 5.75 Å². The van der Waals surface area contributed by atoms with Crippen molar-refractivity contribution >= 4 is 29.3 Å². The van der Waals surface area contributed by atoms with E-state index < -0.39 is 6.04 Å². The van der Waals surface area contributed by atoms with E-state index in [4.69, 9.17) is 14.8 Å². The number of aryl methyl sites for hydroxylation is 2. The Morgan fingerprint density at radius 2 is 1.91 bits per heavy atom. The molecule has 0 saturated heterocycles. The zero-order valence-electron chi connectivity index (χ0n) is 21.0. The number of allylic oxidation sites excluding steroid dienone is 1. The molecular weight excluding hydrogens is 458 g/mol. The molecule has 2 heterocycles. The quantitative estimate of drug-likeness (QED) is 0.277. The lowest BCUT2D eigenvalue weighted by molar-refractivity contribution is -0.113. The van der Waals surface area contributed by atoms with Crippen molar-refractivity contribution in [3.05, 3.63) is 70.4 Å². The van der Waals surface area contributed by atoms with E-state index in [9.17, 15) is 4.79 Å². The number of carbonyl (C=O) groups excluding carboxylic acids is 1. The van der Waals surface area contributed by atoms with E-state index in [1.807, 2.05) is 68.8 Å². The number of hydrogen-bond donors (Lipinski definition) is 2. The van der Waals surface area contributed by atoms with Crippen molar-refractivity contribution in [2.24, 2.45) is 0 Å². The van der Waals surface area contributed by atoms with Crippen LogP contribution in [0.3, 0.4) is 0 Å². The summed E-state index contributed by atoms with van der Waals surface area (Å²) in [5.74, 6) is 2.23. The lowest BCUT2D eigenvalue weighted by atomic mass is 9.94. The van der Waals surface area contributed by atoms with Gasteiger partial charge in [0, 0.05) is 17.1 Å². The lowest BCUT2D eigenvalue weighted by Gasteiger charge is -2.29. The number of anilines is 2. The van der Waals surface area contributed by atoms with E-state index in [-0.39, 0.29) is 5.91 Å². The van der Waals surface area contributed by atoms with Gasteiger partial charge >= 0.3 is 0 Å². The normalized spacial score (nSPS) is 14.9. The molecule has 2 aromatic carbocycles. The zero-order valence-corrected chi connectivity index (χ0v) is 21.8. The van der Waals surface area contributed by atoms with Crippen LogP contribution in [0.25, 0.3) is 0 Å². The van der Waals surface area contributed by atoms with Crippen molar-refractivity contribution in [3.8, 4) is 5.75 Å². The monoisotopic (exact) mass is 491 g/mol. The third kappa shape index (κ3) is 5.53. The number of carbonyl (C=O) groups is 1. The molecule has 0 aliphatic carbocycles. The minimum absolute atomic E-state index is 0.165. The molecule has 1 aliphatic rings. The number of unbranched alkanes of at least 4 members (excludes halogenated alkanes) is 1. The van der Waals surface area contributed by atoms with Crippen molar-refractivity contribution in [1.82, 2.24) is 14.8 Å². The molecule has 8 heteroatoms. The Balaban J connectivity index is 1.72. The maximum absolute atomic E-state index is 13.7. The van der Waals surface area contributed by atoms with Gasteiger partial charge in [0.05, 0.1) is 12.2 Å². The lowest BCUT2D eigenvalue weighted by Crippen LogP contribution is -2.31. The number of amides is 1. The first-order chi connectivity index (χ1) is 16.9. The summed E-state index contributed by atoms with van der Waals surface area (Å²) in [4.78, 5) is 18.4. The van der Waals surface area contributed by atoms with Gasteiger partial charge in [0.2, 0.25) is 11.1 Å². The summed E-state index contributed by atoms with van der Waals surface area (Å²) in [6, 6.07) is 13.5. The Bertz CT molecular complexity index is 1230. The first-order valence-electron chi connectivity index (χ1n) is 12.1. The maximum Gasteiger partial charge on any atom is 0.255 e. The number of rotatable bonds is 9. The molecule has 4 rings (SSSR count). The van der Waals surface area contributed by atoms with Crippen LogP contribution in [0.1, 0.15) is 56.3 Å². The van der Waals surface area contributed by atoms with Crippen molar-refractivity contribution < 1.29 is 9.53 Å². The SMILES string of the molecule is CCCCSc1nc2n(n1)C(c1ccc(OCC)cc1)C(C(=O)Nc1ccc(C)cc1C)=C(C)N2. The summed E-state index contributed by atoms with van der Waals surface area (Å²) in [6.07, 6.45) is 2.22. The first-order valence-corrected chi connectivity index (χ1v) is 13.1. The van der Waals surface area contributed by atoms with Crippen LogP contribution in [0.4, 0.5) is 11.6 Å². The Morgan fingerprint density at radius 3 is 2.60 bits per heavy atom. The summed E-state index contributed by atoms with van der Waals surface area (Å²) in [5, 5.41) is 11.9. The number of fused-ring (bicyclic) bond motifs is 1.